The van der Waals surface area contributed by atoms with Gasteiger partial charge in [0.1, 0.15) is 6.54 Å². The lowest BCUT2D eigenvalue weighted by molar-refractivity contribution is -0.144. The summed E-state index contributed by atoms with van der Waals surface area (Å²) in [4.78, 5) is 25.0. The maximum absolute atomic E-state index is 12.8. The smallest absolute Gasteiger partial charge is 0.329 e. The minimum Gasteiger partial charge on any atom is -0.465 e. The van der Waals surface area contributed by atoms with Crippen LogP contribution in [0.25, 0.3) is 33.4 Å². The van der Waals surface area contributed by atoms with Crippen molar-refractivity contribution >= 4 is 17.0 Å². The maximum Gasteiger partial charge on any atom is 0.329 e. The van der Waals surface area contributed by atoms with Gasteiger partial charge >= 0.3 is 11.7 Å². The summed E-state index contributed by atoms with van der Waals surface area (Å²) in [5.74, 6) is -0.327. The normalized spacial score (nSPS) is 11.2. The van der Waals surface area contributed by atoms with Crippen molar-refractivity contribution in [2.45, 2.75) is 47.3 Å². The molecule has 7 nitrogen and oxygen atoms in total. The average molecular weight is 433 g/mol. The summed E-state index contributed by atoms with van der Waals surface area (Å²) >= 11 is 0. The molecule has 0 unspecified atom stereocenters. The zero-order chi connectivity index (χ0) is 22.8. The Morgan fingerprint density at radius 3 is 2.41 bits per heavy atom. The van der Waals surface area contributed by atoms with Crippen molar-refractivity contribution in [3.05, 3.63) is 64.7 Å². The Morgan fingerprint density at radius 1 is 0.969 bits per heavy atom. The third kappa shape index (κ3) is 3.75. The number of fused-ring (bicyclic) bond motifs is 1. The zero-order valence-corrected chi connectivity index (χ0v) is 19.0. The molecule has 4 aromatic rings. The summed E-state index contributed by atoms with van der Waals surface area (Å²) in [5, 5.41) is 4.52. The van der Waals surface area contributed by atoms with Crippen molar-refractivity contribution in [3.8, 4) is 22.4 Å². The Labute approximate surface area is 186 Å². The quantitative estimate of drug-likeness (QED) is 0.410. The minimum absolute atomic E-state index is 0.000867. The van der Waals surface area contributed by atoms with E-state index in [0.29, 0.717) is 19.7 Å². The number of rotatable bonds is 7. The second-order valence-electron chi connectivity index (χ2n) is 7.71. The van der Waals surface area contributed by atoms with Crippen LogP contribution in [-0.4, -0.2) is 31.5 Å². The van der Waals surface area contributed by atoms with Crippen LogP contribution < -0.4 is 5.69 Å². The number of ether oxygens (including phenoxy) is 1. The zero-order valence-electron chi connectivity index (χ0n) is 19.0. The van der Waals surface area contributed by atoms with Gasteiger partial charge in [-0.15, -0.1) is 0 Å². The summed E-state index contributed by atoms with van der Waals surface area (Å²) in [7, 11) is 0. The van der Waals surface area contributed by atoms with E-state index in [0.717, 1.165) is 39.0 Å². The van der Waals surface area contributed by atoms with Crippen LogP contribution in [0.2, 0.25) is 0 Å². The fourth-order valence-corrected chi connectivity index (χ4v) is 4.24. The van der Waals surface area contributed by atoms with E-state index < -0.39 is 0 Å². The average Bonchev–Trinajstić information content (AvgIpc) is 3.30. The van der Waals surface area contributed by atoms with Gasteiger partial charge in [-0.3, -0.25) is 18.6 Å². The molecule has 0 bridgehead atoms. The molecular formula is C25H28N4O3. The highest BCUT2D eigenvalue weighted by molar-refractivity contribution is 5.88. The van der Waals surface area contributed by atoms with Gasteiger partial charge < -0.3 is 4.74 Å². The number of esters is 1. The Hall–Kier alpha value is -3.61. The first kappa shape index (κ1) is 21.6. The van der Waals surface area contributed by atoms with Crippen LogP contribution in [0.1, 0.15) is 26.3 Å². The Kier molecular flexibility index (Phi) is 5.99. The van der Waals surface area contributed by atoms with Gasteiger partial charge in [0.2, 0.25) is 0 Å². The van der Waals surface area contributed by atoms with Crippen LogP contribution in [0.15, 0.2) is 53.5 Å². The van der Waals surface area contributed by atoms with E-state index in [9.17, 15) is 9.59 Å². The molecular weight excluding hydrogens is 404 g/mol. The van der Waals surface area contributed by atoms with E-state index >= 15 is 0 Å². The van der Waals surface area contributed by atoms with Crippen molar-refractivity contribution in [1.29, 1.82) is 0 Å². The number of aromatic nitrogens is 4. The van der Waals surface area contributed by atoms with Gasteiger partial charge in [-0.05, 0) is 51.5 Å². The highest BCUT2D eigenvalue weighted by Gasteiger charge is 2.19. The molecule has 0 aliphatic rings. The van der Waals surface area contributed by atoms with Crippen molar-refractivity contribution in [2.75, 3.05) is 6.61 Å². The molecule has 0 spiro atoms. The molecule has 32 heavy (non-hydrogen) atoms. The van der Waals surface area contributed by atoms with Gasteiger partial charge in [0.25, 0.3) is 0 Å². The molecule has 0 saturated carbocycles. The highest BCUT2D eigenvalue weighted by atomic mass is 16.5. The lowest BCUT2D eigenvalue weighted by Gasteiger charge is -2.11. The number of hydrogen-bond donors (Lipinski definition) is 0. The summed E-state index contributed by atoms with van der Waals surface area (Å²) in [5.41, 5.74) is 6.60. The standard InChI is InChI=1S/C25H28N4O3/c1-5-27-21-12-11-18(14-22(21)28(6-2)25(27)31)20-15-26-29(16-23(30)32-7-3)24(20)19-10-8-9-17(4)13-19/h8-15H,5-7,16H2,1-4H3. The fraction of sp³-hybridized carbons (Fsp3) is 0.320. The minimum atomic E-state index is -0.327. The number of nitrogens with zero attached hydrogens (tertiary/aromatic N) is 4. The van der Waals surface area contributed by atoms with E-state index in [1.807, 2.05) is 57.2 Å². The van der Waals surface area contributed by atoms with Crippen LogP contribution in [0.5, 0.6) is 0 Å². The highest BCUT2D eigenvalue weighted by Crippen LogP contribution is 2.34. The molecule has 0 saturated heterocycles. The van der Waals surface area contributed by atoms with Crippen LogP contribution in [-0.2, 0) is 29.2 Å². The third-order valence-electron chi connectivity index (χ3n) is 5.68. The topological polar surface area (TPSA) is 71.1 Å². The third-order valence-corrected chi connectivity index (χ3v) is 5.68. The molecule has 0 atom stereocenters. The van der Waals surface area contributed by atoms with E-state index in [-0.39, 0.29) is 18.2 Å². The van der Waals surface area contributed by atoms with Crippen molar-refractivity contribution in [3.63, 3.8) is 0 Å². The van der Waals surface area contributed by atoms with Gasteiger partial charge in [0.05, 0.1) is 29.5 Å². The van der Waals surface area contributed by atoms with Crippen molar-refractivity contribution in [1.82, 2.24) is 18.9 Å². The predicted octanol–water partition coefficient (Wildman–Crippen LogP) is 4.24. The molecule has 4 rings (SSSR count). The molecule has 7 heteroatoms. The number of hydrogen-bond acceptors (Lipinski definition) is 4. The van der Waals surface area contributed by atoms with Crippen LogP contribution >= 0.6 is 0 Å². The lowest BCUT2D eigenvalue weighted by Crippen LogP contribution is -2.22. The molecule has 0 aliphatic heterocycles. The van der Waals surface area contributed by atoms with E-state index in [1.165, 1.54) is 0 Å². The molecule has 0 fully saturated rings. The molecule has 0 radical (unpaired) electrons. The first-order chi connectivity index (χ1) is 15.5. The lowest BCUT2D eigenvalue weighted by atomic mass is 10.00. The summed E-state index contributed by atoms with van der Waals surface area (Å²) in [6.45, 7) is 9.35. The Balaban J connectivity index is 1.92. The first-order valence-corrected chi connectivity index (χ1v) is 11.0. The second kappa shape index (κ2) is 8.86. The van der Waals surface area contributed by atoms with Crippen LogP contribution in [0.3, 0.4) is 0 Å². The number of carbonyl (C=O) groups is 1. The maximum atomic E-state index is 12.8. The molecule has 0 aliphatic carbocycles. The molecule has 2 aromatic heterocycles. The SMILES string of the molecule is CCOC(=O)Cn1ncc(-c2ccc3c(c2)n(CC)c(=O)n3CC)c1-c1cccc(C)c1. The first-order valence-electron chi connectivity index (χ1n) is 11.0. The van der Waals surface area contributed by atoms with Crippen molar-refractivity contribution < 1.29 is 9.53 Å². The van der Waals surface area contributed by atoms with Crippen LogP contribution in [0, 0.1) is 6.92 Å². The fourth-order valence-electron chi connectivity index (χ4n) is 4.24. The number of benzene rings is 2. The number of carbonyl (C=O) groups excluding carboxylic acids is 1. The summed E-state index contributed by atoms with van der Waals surface area (Å²) < 4.78 is 10.4. The molecule has 2 heterocycles. The van der Waals surface area contributed by atoms with Gasteiger partial charge in [-0.25, -0.2) is 4.79 Å². The second-order valence-corrected chi connectivity index (χ2v) is 7.71. The monoisotopic (exact) mass is 432 g/mol. The molecule has 2 aromatic carbocycles. The number of imidazole rings is 1. The van der Waals surface area contributed by atoms with Crippen molar-refractivity contribution in [2.24, 2.45) is 0 Å². The predicted molar refractivity (Wildman–Crippen MR) is 126 cm³/mol. The van der Waals surface area contributed by atoms with E-state index in [1.54, 1.807) is 26.9 Å². The molecule has 0 amide bonds. The Bertz CT molecular complexity index is 1340. The summed E-state index contributed by atoms with van der Waals surface area (Å²) in [6, 6.07) is 14.2. The largest absolute Gasteiger partial charge is 0.465 e. The van der Waals surface area contributed by atoms with E-state index in [4.69, 9.17) is 4.74 Å². The Morgan fingerprint density at radius 2 is 1.72 bits per heavy atom. The number of aryl methyl sites for hydroxylation is 3. The summed E-state index contributed by atoms with van der Waals surface area (Å²) in [6.07, 6.45) is 1.78. The molecule has 0 N–H and O–H groups in total. The van der Waals surface area contributed by atoms with Gasteiger partial charge in [0, 0.05) is 24.2 Å². The molecule has 166 valence electrons. The van der Waals surface area contributed by atoms with Crippen LogP contribution in [0.4, 0.5) is 0 Å². The van der Waals surface area contributed by atoms with Gasteiger partial charge in [-0.1, -0.05) is 29.8 Å². The van der Waals surface area contributed by atoms with Gasteiger partial charge in [-0.2, -0.15) is 5.10 Å². The van der Waals surface area contributed by atoms with Gasteiger partial charge in [0.15, 0.2) is 0 Å². The van der Waals surface area contributed by atoms with E-state index in [2.05, 4.69) is 11.2 Å².